The molecule has 0 fully saturated rings. The van der Waals surface area contributed by atoms with E-state index in [0.29, 0.717) is 24.5 Å². The quantitative estimate of drug-likeness (QED) is 0.118. The lowest BCUT2D eigenvalue weighted by Gasteiger charge is -2.14. The van der Waals surface area contributed by atoms with Crippen molar-refractivity contribution in [2.75, 3.05) is 0 Å². The van der Waals surface area contributed by atoms with Crippen molar-refractivity contribution >= 4 is 38.3 Å². The first kappa shape index (κ1) is 40.8. The van der Waals surface area contributed by atoms with E-state index in [0.717, 1.165) is 83.5 Å². The summed E-state index contributed by atoms with van der Waals surface area (Å²) < 4.78 is 24.9. The number of imidazole rings is 2. The summed E-state index contributed by atoms with van der Waals surface area (Å²) in [7, 11) is 0. The van der Waals surface area contributed by atoms with Gasteiger partial charge in [-0.3, -0.25) is 0 Å². The maximum absolute atomic E-state index is 6.09. The molecule has 0 aliphatic rings. The second-order valence-electron chi connectivity index (χ2n) is 14.9. The first-order valence-electron chi connectivity index (χ1n) is 20.1. The summed E-state index contributed by atoms with van der Waals surface area (Å²) in [5.74, 6) is 4.38. The minimum Gasteiger partial charge on any atom is -0.491 e. The van der Waals surface area contributed by atoms with Crippen LogP contribution in [-0.2, 0) is 13.2 Å². The highest BCUT2D eigenvalue weighted by atomic mass is 79.9. The lowest BCUT2D eigenvalue weighted by atomic mass is 10.1. The lowest BCUT2D eigenvalue weighted by molar-refractivity contribution is 0.239. The molecule has 2 N–H and O–H groups in total. The average Bonchev–Trinajstić information content (AvgIpc) is 3.90. The zero-order valence-corrected chi connectivity index (χ0v) is 35.9. The highest BCUT2D eigenvalue weighted by Gasteiger charge is 2.14. The van der Waals surface area contributed by atoms with Gasteiger partial charge in [0.05, 0.1) is 23.2 Å². The number of ether oxygens (including phenoxy) is 4. The molecule has 10 nitrogen and oxygen atoms in total. The van der Waals surface area contributed by atoms with Gasteiger partial charge in [-0.1, -0.05) is 91.0 Å². The Morgan fingerprint density at radius 1 is 0.475 bits per heavy atom. The molecule has 0 spiro atoms. The third-order valence-electron chi connectivity index (χ3n) is 9.30. The van der Waals surface area contributed by atoms with Gasteiger partial charge in [-0.05, 0) is 96.7 Å². The topological polar surface area (TPSA) is 120 Å². The van der Waals surface area contributed by atoms with E-state index >= 15 is 0 Å². The molecule has 306 valence electrons. The summed E-state index contributed by atoms with van der Waals surface area (Å²) in [6, 6.07) is 46.1. The first-order valence-corrected chi connectivity index (χ1v) is 20.9. The molecule has 4 heterocycles. The SMILES string of the molecule is CC(C)Oc1cc(OCc2ccccc2)cc(-c2nc3ncc(-c4ccccc4)cc3[nH]2)c1.CC(C)Oc1cc(OCc2ccccc2)cc(-c2nc3ncc(Br)cc3[nH]2)c1. The molecule has 0 atom stereocenters. The van der Waals surface area contributed by atoms with Crippen LogP contribution in [0.25, 0.3) is 56.2 Å². The Morgan fingerprint density at radius 3 is 1.41 bits per heavy atom. The number of pyridine rings is 2. The standard InChI is InChI=1S/C28H25N3O2.C22H20BrN3O2/c1-19(2)33-25-14-22(13-24(16-25)32-18-20-9-5-3-6-10-20)27-30-26-15-23(17-29-28(26)31-27)21-11-7-4-8-12-21;1-14(2)28-19-9-16(21-25-20-10-17(23)12-24-22(20)26-21)8-18(11-19)27-13-15-6-4-3-5-7-15/h3-17,19H,18H2,1-2H3,(H,29,30,31);3-12,14H,13H2,1-2H3,(H,24,25,26). The normalized spacial score (nSPS) is 11.1. The molecule has 0 saturated heterocycles. The summed E-state index contributed by atoms with van der Waals surface area (Å²) in [5.41, 5.74) is 9.24. The van der Waals surface area contributed by atoms with Crippen molar-refractivity contribution in [3.63, 3.8) is 0 Å². The number of hydrogen-bond donors (Lipinski definition) is 2. The minimum absolute atomic E-state index is 0.0491. The van der Waals surface area contributed by atoms with E-state index in [1.807, 2.05) is 155 Å². The Balaban J connectivity index is 0.000000171. The predicted molar refractivity (Wildman–Crippen MR) is 245 cm³/mol. The number of fused-ring (bicyclic) bond motifs is 2. The van der Waals surface area contributed by atoms with E-state index in [9.17, 15) is 0 Å². The second kappa shape index (κ2) is 18.9. The van der Waals surface area contributed by atoms with Crippen molar-refractivity contribution in [1.82, 2.24) is 29.9 Å². The third-order valence-corrected chi connectivity index (χ3v) is 9.73. The highest BCUT2D eigenvalue weighted by molar-refractivity contribution is 9.10. The van der Waals surface area contributed by atoms with E-state index in [1.54, 1.807) is 6.20 Å². The van der Waals surface area contributed by atoms with Crippen LogP contribution in [0.1, 0.15) is 38.8 Å². The van der Waals surface area contributed by atoms with Crippen LogP contribution in [0.15, 0.2) is 156 Å². The molecule has 0 aliphatic carbocycles. The predicted octanol–water partition coefficient (Wildman–Crippen LogP) is 12.4. The van der Waals surface area contributed by atoms with Crippen LogP contribution in [0, 0.1) is 0 Å². The fourth-order valence-corrected chi connectivity index (χ4v) is 6.91. The van der Waals surface area contributed by atoms with Crippen molar-refractivity contribution in [2.24, 2.45) is 0 Å². The maximum atomic E-state index is 6.09. The molecule has 11 heteroatoms. The van der Waals surface area contributed by atoms with E-state index in [4.69, 9.17) is 23.9 Å². The van der Waals surface area contributed by atoms with Crippen LogP contribution in [-0.4, -0.2) is 42.1 Å². The number of aromatic nitrogens is 6. The Bertz CT molecular complexity index is 2850. The molecule has 5 aromatic carbocycles. The number of H-pyrrole nitrogens is 2. The molecule has 0 radical (unpaired) electrons. The lowest BCUT2D eigenvalue weighted by Crippen LogP contribution is -2.06. The Hall–Kier alpha value is -6.98. The third kappa shape index (κ3) is 10.8. The molecule has 0 bridgehead atoms. The Kier molecular flexibility index (Phi) is 12.7. The zero-order valence-electron chi connectivity index (χ0n) is 34.3. The van der Waals surface area contributed by atoms with Crippen molar-refractivity contribution in [3.8, 4) is 56.9 Å². The van der Waals surface area contributed by atoms with Crippen LogP contribution in [0.5, 0.6) is 23.0 Å². The Labute approximate surface area is 363 Å². The van der Waals surface area contributed by atoms with Gasteiger partial charge in [-0.15, -0.1) is 0 Å². The largest absolute Gasteiger partial charge is 0.491 e. The van der Waals surface area contributed by atoms with E-state index in [-0.39, 0.29) is 12.2 Å². The minimum atomic E-state index is 0.0491. The molecule has 0 unspecified atom stereocenters. The molecule has 4 aromatic heterocycles. The van der Waals surface area contributed by atoms with Gasteiger partial charge in [0.1, 0.15) is 47.9 Å². The summed E-state index contributed by atoms with van der Waals surface area (Å²) in [4.78, 5) is 25.0. The number of benzene rings is 5. The number of rotatable bonds is 13. The van der Waals surface area contributed by atoms with Crippen LogP contribution >= 0.6 is 15.9 Å². The number of hydrogen-bond acceptors (Lipinski definition) is 8. The maximum Gasteiger partial charge on any atom is 0.178 e. The number of aromatic amines is 2. The van der Waals surface area contributed by atoms with E-state index < -0.39 is 0 Å². The summed E-state index contributed by atoms with van der Waals surface area (Å²) in [6.07, 6.45) is 3.70. The molecule has 9 aromatic rings. The molecular weight excluding hydrogens is 828 g/mol. The second-order valence-corrected chi connectivity index (χ2v) is 15.8. The monoisotopic (exact) mass is 872 g/mol. The van der Waals surface area contributed by atoms with Gasteiger partial charge in [0.2, 0.25) is 0 Å². The molecular formula is C50H45BrN6O4. The molecule has 61 heavy (non-hydrogen) atoms. The summed E-state index contributed by atoms with van der Waals surface area (Å²) in [5, 5.41) is 0. The van der Waals surface area contributed by atoms with Gasteiger partial charge in [-0.25, -0.2) is 19.9 Å². The molecule has 0 amide bonds. The van der Waals surface area contributed by atoms with Crippen LogP contribution in [0.2, 0.25) is 0 Å². The van der Waals surface area contributed by atoms with Gasteiger partial charge in [0, 0.05) is 45.7 Å². The first-order chi connectivity index (χ1) is 29.7. The number of halogens is 1. The average molecular weight is 874 g/mol. The molecule has 0 saturated carbocycles. The Morgan fingerprint density at radius 2 is 0.918 bits per heavy atom. The van der Waals surface area contributed by atoms with Crippen LogP contribution in [0.3, 0.4) is 0 Å². The van der Waals surface area contributed by atoms with Crippen molar-refractivity contribution in [2.45, 2.75) is 53.1 Å². The number of nitrogens with one attached hydrogen (secondary N) is 2. The van der Waals surface area contributed by atoms with Crippen molar-refractivity contribution in [1.29, 1.82) is 0 Å². The van der Waals surface area contributed by atoms with Crippen molar-refractivity contribution in [3.05, 3.63) is 168 Å². The van der Waals surface area contributed by atoms with Crippen LogP contribution in [0.4, 0.5) is 0 Å². The summed E-state index contributed by atoms with van der Waals surface area (Å²) in [6.45, 7) is 8.98. The fraction of sp³-hybridized carbons (Fsp3) is 0.160. The van der Waals surface area contributed by atoms with Gasteiger partial charge < -0.3 is 28.9 Å². The zero-order chi connectivity index (χ0) is 42.1. The fourth-order valence-electron chi connectivity index (χ4n) is 6.58. The van der Waals surface area contributed by atoms with E-state index in [2.05, 4.69) is 59.0 Å². The van der Waals surface area contributed by atoms with Crippen LogP contribution < -0.4 is 18.9 Å². The van der Waals surface area contributed by atoms with Crippen molar-refractivity contribution < 1.29 is 18.9 Å². The smallest absolute Gasteiger partial charge is 0.178 e. The number of nitrogens with zero attached hydrogens (tertiary/aromatic N) is 4. The highest BCUT2D eigenvalue weighted by Crippen LogP contribution is 2.33. The van der Waals surface area contributed by atoms with Gasteiger partial charge in [0.25, 0.3) is 0 Å². The van der Waals surface area contributed by atoms with E-state index in [1.165, 1.54) is 0 Å². The molecule has 9 rings (SSSR count). The van der Waals surface area contributed by atoms with Gasteiger partial charge in [-0.2, -0.15) is 0 Å². The van der Waals surface area contributed by atoms with Gasteiger partial charge >= 0.3 is 0 Å². The summed E-state index contributed by atoms with van der Waals surface area (Å²) >= 11 is 3.44. The van der Waals surface area contributed by atoms with Gasteiger partial charge in [0.15, 0.2) is 11.3 Å². The molecule has 0 aliphatic heterocycles.